The van der Waals surface area contributed by atoms with Crippen molar-refractivity contribution in [2.24, 2.45) is 11.7 Å². The van der Waals surface area contributed by atoms with Crippen LogP contribution in [0, 0.1) is 5.92 Å². The summed E-state index contributed by atoms with van der Waals surface area (Å²) >= 11 is 0. The summed E-state index contributed by atoms with van der Waals surface area (Å²) in [6.07, 6.45) is 5.71. The van der Waals surface area contributed by atoms with E-state index in [4.69, 9.17) is 5.73 Å². The van der Waals surface area contributed by atoms with Crippen molar-refractivity contribution in [3.05, 3.63) is 24.5 Å². The van der Waals surface area contributed by atoms with Crippen LogP contribution in [0.15, 0.2) is 29.4 Å². The molecule has 0 aliphatic heterocycles. The number of hydrogen-bond acceptors (Lipinski definition) is 5. The van der Waals surface area contributed by atoms with Crippen LogP contribution in [0.1, 0.15) is 19.3 Å². The highest BCUT2D eigenvalue weighted by Gasteiger charge is 2.29. The van der Waals surface area contributed by atoms with E-state index in [-0.39, 0.29) is 29.3 Å². The minimum absolute atomic E-state index is 0.0481. The first-order valence-corrected chi connectivity index (χ1v) is 8.75. The Kier molecular flexibility index (Phi) is 5.49. The van der Waals surface area contributed by atoms with Crippen LogP contribution < -0.4 is 11.1 Å². The highest BCUT2D eigenvalue weighted by Crippen LogP contribution is 2.24. The molecule has 2 rings (SSSR count). The van der Waals surface area contributed by atoms with Crippen LogP contribution >= 0.6 is 0 Å². The summed E-state index contributed by atoms with van der Waals surface area (Å²) in [6.45, 7) is 0.319. The Hall–Kier alpha value is -1.51. The van der Waals surface area contributed by atoms with E-state index in [0.717, 1.165) is 23.6 Å². The van der Waals surface area contributed by atoms with Crippen LogP contribution in [0.4, 0.5) is 0 Å². The number of carbonyl (C=O) groups is 1. The Morgan fingerprint density at radius 2 is 2.27 bits per heavy atom. The van der Waals surface area contributed by atoms with Gasteiger partial charge >= 0.3 is 0 Å². The molecule has 22 heavy (non-hydrogen) atoms. The zero-order valence-electron chi connectivity index (χ0n) is 12.6. The molecule has 1 amide bonds. The molecule has 1 fully saturated rings. The molecule has 1 aliphatic rings. The molecule has 1 heterocycles. The molecule has 0 saturated heterocycles. The average Bonchev–Trinajstić information content (AvgIpc) is 2.95. The second-order valence-electron chi connectivity index (χ2n) is 5.55. The van der Waals surface area contributed by atoms with Gasteiger partial charge in [-0.3, -0.25) is 9.78 Å². The number of hydrogen-bond donors (Lipinski definition) is 2. The maximum atomic E-state index is 12.3. The maximum Gasteiger partial charge on any atom is 0.244 e. The molecular weight excluding hydrogens is 304 g/mol. The molecule has 0 radical (unpaired) electrons. The lowest BCUT2D eigenvalue weighted by atomic mass is 10.0. The minimum Gasteiger partial charge on any atom is -0.352 e. The van der Waals surface area contributed by atoms with E-state index < -0.39 is 10.0 Å². The van der Waals surface area contributed by atoms with Gasteiger partial charge in [0.05, 0.1) is 6.54 Å². The van der Waals surface area contributed by atoms with Crippen LogP contribution in [0.2, 0.25) is 0 Å². The first-order valence-electron chi connectivity index (χ1n) is 7.31. The molecule has 0 aromatic carbocycles. The summed E-state index contributed by atoms with van der Waals surface area (Å²) in [5, 5.41) is 2.89. The molecule has 1 aromatic rings. The molecule has 8 heteroatoms. The van der Waals surface area contributed by atoms with Crippen LogP contribution in [-0.4, -0.2) is 49.8 Å². The van der Waals surface area contributed by atoms with E-state index in [0.29, 0.717) is 6.54 Å². The molecule has 2 unspecified atom stereocenters. The smallest absolute Gasteiger partial charge is 0.244 e. The minimum atomic E-state index is -3.70. The monoisotopic (exact) mass is 326 g/mol. The van der Waals surface area contributed by atoms with Crippen molar-refractivity contribution in [2.45, 2.75) is 30.2 Å². The molecule has 7 nitrogen and oxygen atoms in total. The molecular formula is C14H22N4O3S. The summed E-state index contributed by atoms with van der Waals surface area (Å²) < 4.78 is 25.7. The number of pyridine rings is 1. The number of nitrogens with zero attached hydrogens (tertiary/aromatic N) is 2. The van der Waals surface area contributed by atoms with Gasteiger partial charge in [0.1, 0.15) is 4.90 Å². The Balaban J connectivity index is 1.96. The van der Waals surface area contributed by atoms with E-state index in [9.17, 15) is 13.2 Å². The lowest BCUT2D eigenvalue weighted by molar-refractivity contribution is -0.122. The maximum absolute atomic E-state index is 12.3. The fourth-order valence-corrected chi connectivity index (χ4v) is 3.82. The van der Waals surface area contributed by atoms with Gasteiger partial charge in [0.2, 0.25) is 15.9 Å². The summed E-state index contributed by atoms with van der Waals surface area (Å²) in [4.78, 5) is 15.9. The Bertz CT molecular complexity index is 606. The topological polar surface area (TPSA) is 105 Å². The zero-order chi connectivity index (χ0) is 16.2. The fourth-order valence-electron chi connectivity index (χ4n) is 2.73. The van der Waals surface area contributed by atoms with Crippen LogP contribution in [0.25, 0.3) is 0 Å². The number of nitrogens with one attached hydrogen (secondary N) is 1. The van der Waals surface area contributed by atoms with E-state index in [1.54, 1.807) is 6.07 Å². The number of carbonyl (C=O) groups excluding carboxylic acids is 1. The Morgan fingerprint density at radius 1 is 1.50 bits per heavy atom. The van der Waals surface area contributed by atoms with E-state index >= 15 is 0 Å². The summed E-state index contributed by atoms with van der Waals surface area (Å²) in [7, 11) is -2.32. The molecule has 1 saturated carbocycles. The number of rotatable bonds is 6. The fraction of sp³-hybridized carbons (Fsp3) is 0.571. The third-order valence-electron chi connectivity index (χ3n) is 4.02. The second kappa shape index (κ2) is 7.17. The summed E-state index contributed by atoms with van der Waals surface area (Å²) in [6, 6.07) is 3.05. The predicted molar refractivity (Wildman–Crippen MR) is 82.4 cm³/mol. The van der Waals surface area contributed by atoms with E-state index in [1.165, 1.54) is 25.5 Å². The van der Waals surface area contributed by atoms with Crippen molar-refractivity contribution in [3.63, 3.8) is 0 Å². The number of amides is 1. The molecule has 122 valence electrons. The molecule has 0 bridgehead atoms. The van der Waals surface area contributed by atoms with Crippen molar-refractivity contribution >= 4 is 15.9 Å². The Labute approximate surface area is 131 Å². The van der Waals surface area contributed by atoms with Crippen molar-refractivity contribution in [3.8, 4) is 0 Å². The van der Waals surface area contributed by atoms with Gasteiger partial charge in [-0.15, -0.1) is 0 Å². The van der Waals surface area contributed by atoms with Crippen molar-refractivity contribution in [2.75, 3.05) is 20.1 Å². The van der Waals surface area contributed by atoms with Crippen LogP contribution in [-0.2, 0) is 14.8 Å². The van der Waals surface area contributed by atoms with Gasteiger partial charge in [-0.1, -0.05) is 6.42 Å². The number of nitrogens with two attached hydrogens (primary N) is 1. The lowest BCUT2D eigenvalue weighted by Gasteiger charge is -2.22. The normalized spacial score (nSPS) is 22.0. The van der Waals surface area contributed by atoms with Gasteiger partial charge in [0.15, 0.2) is 0 Å². The zero-order valence-corrected chi connectivity index (χ0v) is 13.4. The highest BCUT2D eigenvalue weighted by molar-refractivity contribution is 7.89. The standard InChI is InChI=1S/C14H22N4O3S/c1-18(22(20,21)12-5-3-7-16-9-12)10-14(19)17-13-6-2-4-11(13)8-15/h3,5,7,9,11,13H,2,4,6,8,10,15H2,1H3,(H,17,19). The Morgan fingerprint density at radius 3 is 2.91 bits per heavy atom. The predicted octanol–water partition coefficient (Wildman–Crippen LogP) is -0.0543. The molecule has 3 N–H and O–H groups in total. The van der Waals surface area contributed by atoms with Crippen molar-refractivity contribution in [1.29, 1.82) is 0 Å². The largest absolute Gasteiger partial charge is 0.352 e. The van der Waals surface area contributed by atoms with E-state index in [2.05, 4.69) is 10.3 Å². The van der Waals surface area contributed by atoms with Gasteiger partial charge in [0, 0.05) is 25.5 Å². The summed E-state index contributed by atoms with van der Waals surface area (Å²) in [5.74, 6) is -0.0236. The molecule has 1 aliphatic carbocycles. The first-order chi connectivity index (χ1) is 10.4. The van der Waals surface area contributed by atoms with Gasteiger partial charge in [-0.05, 0) is 37.4 Å². The van der Waals surface area contributed by atoms with Gasteiger partial charge in [-0.2, -0.15) is 4.31 Å². The number of likely N-dealkylation sites (N-methyl/N-ethyl adjacent to an activating group) is 1. The van der Waals surface area contributed by atoms with Gasteiger partial charge in [0.25, 0.3) is 0 Å². The summed E-state index contributed by atoms with van der Waals surface area (Å²) in [5.41, 5.74) is 5.68. The number of aromatic nitrogens is 1. The quantitative estimate of drug-likeness (QED) is 0.762. The molecule has 2 atom stereocenters. The van der Waals surface area contributed by atoms with Crippen LogP contribution in [0.5, 0.6) is 0 Å². The van der Waals surface area contributed by atoms with Crippen molar-refractivity contribution < 1.29 is 13.2 Å². The third-order valence-corrected chi connectivity index (χ3v) is 5.80. The lowest BCUT2D eigenvalue weighted by Crippen LogP contribution is -2.45. The number of sulfonamides is 1. The first kappa shape index (κ1) is 16.9. The van der Waals surface area contributed by atoms with Gasteiger partial charge in [-0.25, -0.2) is 8.42 Å². The van der Waals surface area contributed by atoms with Crippen LogP contribution in [0.3, 0.4) is 0 Å². The highest BCUT2D eigenvalue weighted by atomic mass is 32.2. The average molecular weight is 326 g/mol. The SMILES string of the molecule is CN(CC(=O)NC1CCCC1CN)S(=O)(=O)c1cccnc1. The van der Waals surface area contributed by atoms with E-state index in [1.807, 2.05) is 0 Å². The van der Waals surface area contributed by atoms with Gasteiger partial charge < -0.3 is 11.1 Å². The molecule has 1 aromatic heterocycles. The third kappa shape index (κ3) is 3.82. The molecule has 0 spiro atoms. The second-order valence-corrected chi connectivity index (χ2v) is 7.60. The van der Waals surface area contributed by atoms with Crippen molar-refractivity contribution in [1.82, 2.24) is 14.6 Å².